The van der Waals surface area contributed by atoms with E-state index in [1.807, 2.05) is 0 Å². The maximum absolute atomic E-state index is 12.9. The summed E-state index contributed by atoms with van der Waals surface area (Å²) in [6.45, 7) is 7.38. The van der Waals surface area contributed by atoms with E-state index in [2.05, 4.69) is 16.8 Å². The molecule has 3 rings (SSSR count). The molecular weight excluding hydrogens is 301 g/mol. The Kier molecular flexibility index (Phi) is 4.59. The van der Waals surface area contributed by atoms with E-state index in [4.69, 9.17) is 0 Å². The number of halogens is 1. The van der Waals surface area contributed by atoms with Crippen LogP contribution in [0, 0.1) is 5.82 Å². The monoisotopic (exact) mass is 320 g/mol. The minimum atomic E-state index is -0.277. The topological polar surface area (TPSA) is 37.1 Å². The van der Waals surface area contributed by atoms with Crippen molar-refractivity contribution in [3.05, 3.63) is 40.6 Å². The van der Waals surface area contributed by atoms with E-state index in [0.717, 1.165) is 43.5 Å². The predicted octanol–water partition coefficient (Wildman–Crippen LogP) is 1.02. The van der Waals surface area contributed by atoms with Gasteiger partial charge in [-0.05, 0) is 42.5 Å². The van der Waals surface area contributed by atoms with E-state index in [9.17, 15) is 9.18 Å². The average Bonchev–Trinajstić information content (AvgIpc) is 2.91. The molecule has 0 atom stereocenters. The Morgan fingerprint density at radius 3 is 2.64 bits per heavy atom. The largest absolute Gasteiger partial charge is 0.339 e. The highest BCUT2D eigenvalue weighted by Crippen LogP contribution is 2.30. The van der Waals surface area contributed by atoms with Crippen LogP contribution in [0.3, 0.4) is 0 Å². The fourth-order valence-electron chi connectivity index (χ4n) is 2.61. The van der Waals surface area contributed by atoms with Crippen LogP contribution < -0.4 is 4.90 Å². The molecule has 0 saturated carbocycles. The predicted molar refractivity (Wildman–Crippen MR) is 87.2 cm³/mol. The number of likely N-dealkylation sites (N-methyl/N-ethyl adjacent to an activating group) is 1. The first-order chi connectivity index (χ1) is 10.7. The minimum absolute atomic E-state index is 0.199. The average molecular weight is 320 g/mol. The van der Waals surface area contributed by atoms with Gasteiger partial charge >= 0.3 is 0 Å². The summed E-state index contributed by atoms with van der Waals surface area (Å²) in [6.07, 6.45) is 1.77. The number of hydrogen-bond acceptors (Lipinski definition) is 3. The van der Waals surface area contributed by atoms with Crippen molar-refractivity contribution in [1.82, 2.24) is 4.90 Å². The van der Waals surface area contributed by atoms with Crippen LogP contribution in [0.2, 0.25) is 0 Å². The summed E-state index contributed by atoms with van der Waals surface area (Å²) in [5.41, 5.74) is 0.814. The quantitative estimate of drug-likeness (QED) is 0.827. The van der Waals surface area contributed by atoms with Gasteiger partial charge in [0.05, 0.1) is 37.6 Å². The molecule has 22 heavy (non-hydrogen) atoms. The second-order valence-corrected chi connectivity index (χ2v) is 6.46. The number of rotatable bonds is 2. The number of carbonyl (C=O) groups is 1. The maximum atomic E-state index is 12.9. The van der Waals surface area contributed by atoms with E-state index in [1.54, 1.807) is 23.1 Å². The Morgan fingerprint density at radius 1 is 1.32 bits per heavy atom. The van der Waals surface area contributed by atoms with Crippen LogP contribution in [0.4, 0.5) is 4.39 Å². The van der Waals surface area contributed by atoms with E-state index in [1.165, 1.54) is 23.9 Å². The van der Waals surface area contributed by atoms with Gasteiger partial charge in [0, 0.05) is 0 Å². The van der Waals surface area contributed by atoms with Gasteiger partial charge < -0.3 is 9.80 Å². The van der Waals surface area contributed by atoms with Gasteiger partial charge in [0.25, 0.3) is 5.91 Å². The van der Waals surface area contributed by atoms with Gasteiger partial charge in [0.2, 0.25) is 0 Å². The zero-order valence-corrected chi connectivity index (χ0v) is 13.3. The summed E-state index contributed by atoms with van der Waals surface area (Å²) in [7, 11) is 0. The number of quaternary nitrogens is 1. The van der Waals surface area contributed by atoms with Crippen molar-refractivity contribution in [2.24, 2.45) is 4.99 Å². The standard InChI is InChI=1S/C16H18FN3OS/c1-2-19-7-9-20(10-8-19)16-18-15(21)14(22-16)11-12-3-5-13(17)6-4-12/h3-6,11H,2,7-10H2,1H3/p+1/b14-11-. The molecule has 1 aromatic carbocycles. The Bertz CT molecular complexity index is 619. The van der Waals surface area contributed by atoms with Gasteiger partial charge in [-0.15, -0.1) is 0 Å². The fourth-order valence-corrected chi connectivity index (χ4v) is 3.58. The lowest BCUT2D eigenvalue weighted by Crippen LogP contribution is -3.14. The molecule has 4 nitrogen and oxygen atoms in total. The molecule has 0 radical (unpaired) electrons. The summed E-state index contributed by atoms with van der Waals surface area (Å²) in [5, 5.41) is 0.800. The first-order valence-electron chi connectivity index (χ1n) is 7.52. The van der Waals surface area contributed by atoms with Crippen LogP contribution in [0.25, 0.3) is 6.08 Å². The van der Waals surface area contributed by atoms with Crippen molar-refractivity contribution >= 4 is 28.9 Å². The van der Waals surface area contributed by atoms with E-state index in [-0.39, 0.29) is 11.7 Å². The molecule has 1 saturated heterocycles. The van der Waals surface area contributed by atoms with Crippen LogP contribution in [-0.2, 0) is 4.79 Å². The van der Waals surface area contributed by atoms with Crippen molar-refractivity contribution in [2.75, 3.05) is 32.7 Å². The molecule has 6 heteroatoms. The summed E-state index contributed by atoms with van der Waals surface area (Å²) in [6, 6.07) is 6.12. The van der Waals surface area contributed by atoms with Gasteiger partial charge in [0.1, 0.15) is 5.82 Å². The molecule has 2 aliphatic rings. The molecule has 0 bridgehead atoms. The van der Waals surface area contributed by atoms with E-state index < -0.39 is 0 Å². The third-order valence-corrected chi connectivity index (χ3v) is 5.06. The number of amidine groups is 1. The molecule has 1 fully saturated rings. The number of amides is 1. The highest BCUT2D eigenvalue weighted by atomic mass is 32.2. The number of thioether (sulfide) groups is 1. The molecule has 1 amide bonds. The Labute approximate surface area is 133 Å². The summed E-state index contributed by atoms with van der Waals surface area (Å²) in [4.78, 5) is 20.6. The Morgan fingerprint density at radius 2 is 2.00 bits per heavy atom. The molecule has 0 unspecified atom stereocenters. The first kappa shape index (κ1) is 15.2. The first-order valence-corrected chi connectivity index (χ1v) is 8.34. The highest BCUT2D eigenvalue weighted by Gasteiger charge is 2.29. The highest BCUT2D eigenvalue weighted by molar-refractivity contribution is 8.18. The van der Waals surface area contributed by atoms with Gasteiger partial charge in [0.15, 0.2) is 5.17 Å². The molecular formula is C16H19FN3OS+. The van der Waals surface area contributed by atoms with Crippen molar-refractivity contribution in [3.63, 3.8) is 0 Å². The summed E-state index contributed by atoms with van der Waals surface area (Å²) in [5.74, 6) is -0.477. The number of nitrogens with one attached hydrogen (secondary N) is 1. The lowest BCUT2D eigenvalue weighted by Gasteiger charge is -2.32. The minimum Gasteiger partial charge on any atom is -0.339 e. The fraction of sp³-hybridized carbons (Fsp3) is 0.375. The van der Waals surface area contributed by atoms with Crippen molar-refractivity contribution < 1.29 is 14.1 Å². The Balaban J connectivity index is 1.67. The number of carbonyl (C=O) groups excluding carboxylic acids is 1. The van der Waals surface area contributed by atoms with Crippen LogP contribution in [0.1, 0.15) is 12.5 Å². The number of hydrogen-bond donors (Lipinski definition) is 1. The maximum Gasteiger partial charge on any atom is 0.286 e. The number of piperazine rings is 1. The van der Waals surface area contributed by atoms with Crippen molar-refractivity contribution in [1.29, 1.82) is 0 Å². The molecule has 2 aliphatic heterocycles. The lowest BCUT2D eigenvalue weighted by atomic mass is 10.2. The summed E-state index contributed by atoms with van der Waals surface area (Å²) < 4.78 is 12.9. The molecule has 0 aromatic heterocycles. The van der Waals surface area contributed by atoms with Gasteiger partial charge in [-0.2, -0.15) is 4.99 Å². The Hall–Kier alpha value is -1.66. The third-order valence-electron chi connectivity index (χ3n) is 4.02. The molecule has 116 valence electrons. The van der Waals surface area contributed by atoms with Gasteiger partial charge in [-0.3, -0.25) is 4.79 Å². The molecule has 1 aromatic rings. The smallest absolute Gasteiger partial charge is 0.286 e. The second kappa shape index (κ2) is 6.62. The summed E-state index contributed by atoms with van der Waals surface area (Å²) >= 11 is 1.42. The molecule has 2 heterocycles. The number of benzene rings is 1. The normalized spacial score (nSPS) is 21.5. The van der Waals surface area contributed by atoms with Gasteiger partial charge in [-0.25, -0.2) is 4.39 Å². The van der Waals surface area contributed by atoms with Gasteiger partial charge in [-0.1, -0.05) is 12.1 Å². The van der Waals surface area contributed by atoms with Crippen molar-refractivity contribution in [3.8, 4) is 0 Å². The SMILES string of the molecule is CC[NH+]1CCN(C2=NC(=O)/C(=C/c3ccc(F)cc3)S2)CC1. The lowest BCUT2D eigenvalue weighted by molar-refractivity contribution is -0.902. The van der Waals surface area contributed by atoms with E-state index >= 15 is 0 Å². The van der Waals surface area contributed by atoms with E-state index in [0.29, 0.717) is 4.91 Å². The van der Waals surface area contributed by atoms with Crippen LogP contribution in [-0.4, -0.2) is 48.7 Å². The van der Waals surface area contributed by atoms with Crippen molar-refractivity contribution in [2.45, 2.75) is 6.92 Å². The number of aliphatic imine (C=N–C) groups is 1. The van der Waals surface area contributed by atoms with Crippen LogP contribution >= 0.6 is 11.8 Å². The van der Waals surface area contributed by atoms with Crippen LogP contribution in [0.15, 0.2) is 34.2 Å². The van der Waals surface area contributed by atoms with Crippen LogP contribution in [0.5, 0.6) is 0 Å². The zero-order chi connectivity index (χ0) is 15.5. The molecule has 0 aliphatic carbocycles. The number of nitrogens with zero attached hydrogens (tertiary/aromatic N) is 2. The second-order valence-electron chi connectivity index (χ2n) is 5.45. The molecule has 0 spiro atoms. The zero-order valence-electron chi connectivity index (χ0n) is 12.5. The molecule has 1 N–H and O–H groups in total. The third kappa shape index (κ3) is 3.39.